The van der Waals surface area contributed by atoms with Crippen molar-refractivity contribution in [1.82, 2.24) is 0 Å². The molecule has 0 bridgehead atoms. The molecule has 0 spiro atoms. The van der Waals surface area contributed by atoms with Crippen LogP contribution in [-0.4, -0.2) is 13.2 Å². The summed E-state index contributed by atoms with van der Waals surface area (Å²) in [6.07, 6.45) is 0. The average molecular weight is 304 g/mol. The summed E-state index contributed by atoms with van der Waals surface area (Å²) >= 11 is 2.27. The fourth-order valence-electron chi connectivity index (χ4n) is 1.30. The Hall–Kier alpha value is -0.450. The van der Waals surface area contributed by atoms with E-state index in [0.717, 1.165) is 11.5 Å². The molecule has 0 atom stereocenters. The van der Waals surface area contributed by atoms with E-state index in [1.165, 1.54) is 3.57 Å². The highest BCUT2D eigenvalue weighted by Crippen LogP contribution is 2.34. The number of hydrogen-bond acceptors (Lipinski definition) is 2. The lowest BCUT2D eigenvalue weighted by molar-refractivity contribution is 0.140. The third-order valence-corrected chi connectivity index (χ3v) is 2.81. The number of rotatable bonds is 0. The highest BCUT2D eigenvalue weighted by molar-refractivity contribution is 14.1. The molecule has 0 N–H and O–H groups in total. The molecule has 14 heavy (non-hydrogen) atoms. The molecular weight excluding hydrogens is 291 g/mol. The van der Waals surface area contributed by atoms with Crippen LogP contribution in [0.3, 0.4) is 0 Å². The fraction of sp³-hybridized carbons (Fsp3) is 0.455. The van der Waals surface area contributed by atoms with Crippen LogP contribution in [-0.2, 0) is 0 Å². The molecule has 1 aromatic rings. The van der Waals surface area contributed by atoms with Crippen molar-refractivity contribution in [1.29, 1.82) is 0 Å². The van der Waals surface area contributed by atoms with Crippen LogP contribution >= 0.6 is 22.6 Å². The van der Waals surface area contributed by atoms with Gasteiger partial charge in [0.15, 0.2) is 11.5 Å². The summed E-state index contributed by atoms with van der Waals surface area (Å²) in [6, 6.07) is 6.01. The maximum atomic E-state index is 5.71. The van der Waals surface area contributed by atoms with Crippen LogP contribution in [0.15, 0.2) is 18.2 Å². The van der Waals surface area contributed by atoms with Crippen LogP contribution in [0.1, 0.15) is 13.8 Å². The van der Waals surface area contributed by atoms with Gasteiger partial charge in [0.25, 0.3) is 0 Å². The van der Waals surface area contributed by atoms with Crippen LogP contribution < -0.4 is 9.47 Å². The van der Waals surface area contributed by atoms with Gasteiger partial charge in [-0.1, -0.05) is 13.8 Å². The smallest absolute Gasteiger partial charge is 0.162 e. The molecule has 0 fully saturated rings. The Morgan fingerprint density at radius 2 is 1.79 bits per heavy atom. The van der Waals surface area contributed by atoms with E-state index in [4.69, 9.17) is 9.47 Å². The quantitative estimate of drug-likeness (QED) is 0.686. The molecule has 0 saturated heterocycles. The summed E-state index contributed by atoms with van der Waals surface area (Å²) in [5, 5.41) is 0. The Labute approximate surface area is 97.7 Å². The summed E-state index contributed by atoms with van der Waals surface area (Å²) in [5.74, 6) is 1.72. The van der Waals surface area contributed by atoms with Gasteiger partial charge < -0.3 is 9.47 Å². The lowest BCUT2D eigenvalue weighted by Crippen LogP contribution is -2.26. The number of fused-ring (bicyclic) bond motifs is 1. The second-order valence-corrected chi connectivity index (χ2v) is 5.58. The molecule has 0 saturated carbocycles. The van der Waals surface area contributed by atoms with E-state index in [2.05, 4.69) is 36.4 Å². The molecule has 0 unspecified atom stereocenters. The van der Waals surface area contributed by atoms with Crippen LogP contribution in [0.5, 0.6) is 11.5 Å². The normalized spacial score (nSPS) is 18.8. The third kappa shape index (κ3) is 2.13. The molecule has 3 heteroatoms. The molecule has 76 valence electrons. The van der Waals surface area contributed by atoms with Crippen LogP contribution in [0, 0.1) is 8.99 Å². The zero-order chi connectivity index (χ0) is 10.2. The lowest BCUT2D eigenvalue weighted by Gasteiger charge is -2.19. The fourth-order valence-corrected chi connectivity index (χ4v) is 1.76. The Balaban J connectivity index is 2.30. The van der Waals surface area contributed by atoms with Gasteiger partial charge in [0.2, 0.25) is 0 Å². The van der Waals surface area contributed by atoms with Gasteiger partial charge in [0.1, 0.15) is 0 Å². The standard InChI is InChI=1S/C11H13IO2/c1-11(2)6-13-9-4-3-8(12)5-10(9)14-7-11/h3-5H,6-7H2,1-2H3. The van der Waals surface area contributed by atoms with E-state index < -0.39 is 0 Å². The Morgan fingerprint density at radius 1 is 1.14 bits per heavy atom. The zero-order valence-corrected chi connectivity index (χ0v) is 10.5. The van der Waals surface area contributed by atoms with Crippen molar-refractivity contribution in [3.05, 3.63) is 21.8 Å². The lowest BCUT2D eigenvalue weighted by atomic mass is 9.97. The number of halogens is 1. The second kappa shape index (κ2) is 3.61. The van der Waals surface area contributed by atoms with Crippen molar-refractivity contribution < 1.29 is 9.47 Å². The third-order valence-electron chi connectivity index (χ3n) is 2.14. The number of benzene rings is 1. The van der Waals surface area contributed by atoms with E-state index in [0.29, 0.717) is 13.2 Å². The van der Waals surface area contributed by atoms with Gasteiger partial charge in [-0.3, -0.25) is 0 Å². The maximum absolute atomic E-state index is 5.71. The molecular formula is C11H13IO2. The monoisotopic (exact) mass is 304 g/mol. The molecule has 1 heterocycles. The minimum Gasteiger partial charge on any atom is -0.489 e. The van der Waals surface area contributed by atoms with Crippen LogP contribution in [0.25, 0.3) is 0 Å². The first-order valence-corrected chi connectivity index (χ1v) is 5.70. The molecule has 0 aromatic heterocycles. The predicted octanol–water partition coefficient (Wildman–Crippen LogP) is 3.09. The first kappa shape index (κ1) is 10.1. The van der Waals surface area contributed by atoms with E-state index >= 15 is 0 Å². The highest BCUT2D eigenvalue weighted by atomic mass is 127. The summed E-state index contributed by atoms with van der Waals surface area (Å²) < 4.78 is 12.6. The summed E-state index contributed by atoms with van der Waals surface area (Å²) in [6.45, 7) is 5.70. The molecule has 1 aromatic carbocycles. The molecule has 1 aliphatic heterocycles. The second-order valence-electron chi connectivity index (χ2n) is 4.33. The number of hydrogen-bond donors (Lipinski definition) is 0. The van der Waals surface area contributed by atoms with Crippen molar-refractivity contribution in [3.63, 3.8) is 0 Å². The van der Waals surface area contributed by atoms with Crippen LogP contribution in [0.4, 0.5) is 0 Å². The summed E-state index contributed by atoms with van der Waals surface area (Å²) in [4.78, 5) is 0. The molecule has 0 aliphatic carbocycles. The number of ether oxygens (including phenoxy) is 2. The molecule has 1 aliphatic rings. The van der Waals surface area contributed by atoms with Gasteiger partial charge in [-0.2, -0.15) is 0 Å². The minimum atomic E-state index is 0.0878. The van der Waals surface area contributed by atoms with Crippen LogP contribution in [0.2, 0.25) is 0 Å². The molecule has 0 radical (unpaired) electrons. The van der Waals surface area contributed by atoms with E-state index in [-0.39, 0.29) is 5.41 Å². The summed E-state index contributed by atoms with van der Waals surface area (Å²) in [5.41, 5.74) is 0.0878. The SMILES string of the molecule is CC1(C)COc2ccc(I)cc2OC1. The first-order chi connectivity index (χ1) is 6.57. The Bertz CT molecular complexity index is 347. The van der Waals surface area contributed by atoms with Gasteiger partial charge in [-0.25, -0.2) is 0 Å². The van der Waals surface area contributed by atoms with Crippen molar-refractivity contribution in [2.75, 3.05) is 13.2 Å². The van der Waals surface area contributed by atoms with Crippen molar-refractivity contribution >= 4 is 22.6 Å². The van der Waals surface area contributed by atoms with Gasteiger partial charge in [-0.05, 0) is 40.8 Å². The minimum absolute atomic E-state index is 0.0878. The highest BCUT2D eigenvalue weighted by Gasteiger charge is 2.24. The van der Waals surface area contributed by atoms with Crippen molar-refractivity contribution in [2.24, 2.45) is 5.41 Å². The largest absolute Gasteiger partial charge is 0.489 e. The molecule has 2 nitrogen and oxygen atoms in total. The van der Waals surface area contributed by atoms with E-state index in [1.807, 2.05) is 18.2 Å². The van der Waals surface area contributed by atoms with Gasteiger partial charge in [0, 0.05) is 8.99 Å². The first-order valence-electron chi connectivity index (χ1n) is 4.62. The molecule has 2 rings (SSSR count). The molecule has 0 amide bonds. The van der Waals surface area contributed by atoms with Gasteiger partial charge >= 0.3 is 0 Å². The van der Waals surface area contributed by atoms with Gasteiger partial charge in [-0.15, -0.1) is 0 Å². The predicted molar refractivity (Wildman–Crippen MR) is 63.9 cm³/mol. The van der Waals surface area contributed by atoms with E-state index in [1.54, 1.807) is 0 Å². The topological polar surface area (TPSA) is 18.5 Å². The Kier molecular flexibility index (Phi) is 2.60. The van der Waals surface area contributed by atoms with Crippen molar-refractivity contribution in [2.45, 2.75) is 13.8 Å². The average Bonchev–Trinajstić information content (AvgIpc) is 2.26. The summed E-state index contributed by atoms with van der Waals surface area (Å²) in [7, 11) is 0. The van der Waals surface area contributed by atoms with Gasteiger partial charge in [0.05, 0.1) is 13.2 Å². The maximum Gasteiger partial charge on any atom is 0.162 e. The van der Waals surface area contributed by atoms with Crippen molar-refractivity contribution in [3.8, 4) is 11.5 Å². The Morgan fingerprint density at radius 3 is 2.50 bits per heavy atom. The van der Waals surface area contributed by atoms with E-state index in [9.17, 15) is 0 Å². The zero-order valence-electron chi connectivity index (χ0n) is 8.34.